The Labute approximate surface area is 143 Å². The van der Waals surface area contributed by atoms with Crippen molar-refractivity contribution >= 4 is 17.9 Å². The van der Waals surface area contributed by atoms with Gasteiger partial charge in [-0.2, -0.15) is 0 Å². The van der Waals surface area contributed by atoms with Crippen LogP contribution in [0.1, 0.15) is 45.4 Å². The lowest BCUT2D eigenvalue weighted by Crippen LogP contribution is -2.45. The van der Waals surface area contributed by atoms with Gasteiger partial charge in [0.05, 0.1) is 5.92 Å². The highest BCUT2D eigenvalue weighted by molar-refractivity contribution is 5.80. The van der Waals surface area contributed by atoms with E-state index in [1.165, 1.54) is 11.3 Å². The lowest BCUT2D eigenvalue weighted by atomic mass is 10.0. The lowest BCUT2D eigenvalue weighted by molar-refractivity contribution is -0.141. The first-order valence-electron chi connectivity index (χ1n) is 8.91. The Bertz CT molecular complexity index is 476. The zero-order chi connectivity index (χ0) is 17.7. The van der Waals surface area contributed by atoms with Crippen LogP contribution in [0.2, 0.25) is 0 Å². The van der Waals surface area contributed by atoms with Crippen LogP contribution in [0.25, 0.3) is 0 Å². The molecule has 0 aromatic carbocycles. The third kappa shape index (κ3) is 4.85. The summed E-state index contributed by atoms with van der Waals surface area (Å²) in [6.07, 6.45) is 5.68. The summed E-state index contributed by atoms with van der Waals surface area (Å²) in [6.45, 7) is 3.48. The maximum atomic E-state index is 12.5. The average molecular weight is 339 g/mol. The second-order valence-corrected chi connectivity index (χ2v) is 7.16. The third-order valence-corrected chi connectivity index (χ3v) is 5.09. The number of carbonyl (C=O) groups excluding carboxylic acids is 2. The van der Waals surface area contributed by atoms with Gasteiger partial charge in [-0.25, -0.2) is 4.79 Å². The van der Waals surface area contributed by atoms with Crippen molar-refractivity contribution in [3.63, 3.8) is 0 Å². The fraction of sp³-hybridized carbons (Fsp3) is 0.824. The molecule has 1 unspecified atom stereocenters. The van der Waals surface area contributed by atoms with Crippen molar-refractivity contribution < 1.29 is 19.5 Å². The molecule has 0 aromatic rings. The van der Waals surface area contributed by atoms with Crippen LogP contribution >= 0.6 is 0 Å². The number of hydrogen-bond donors (Lipinski definition) is 2. The molecule has 136 valence electrons. The maximum Gasteiger partial charge on any atom is 0.317 e. The Kier molecular flexibility index (Phi) is 6.45. The molecule has 2 fully saturated rings. The number of nitrogens with one attached hydrogen (secondary N) is 1. The summed E-state index contributed by atoms with van der Waals surface area (Å²) in [4.78, 5) is 38.9. The molecule has 1 aliphatic carbocycles. The molecule has 1 saturated carbocycles. The van der Waals surface area contributed by atoms with Crippen molar-refractivity contribution in [2.45, 2.75) is 51.5 Å². The Morgan fingerprint density at radius 3 is 2.50 bits per heavy atom. The predicted octanol–water partition coefficient (Wildman–Crippen LogP) is 1.53. The highest BCUT2D eigenvalue weighted by Gasteiger charge is 2.34. The second-order valence-electron chi connectivity index (χ2n) is 7.16. The number of rotatable bonds is 5. The fourth-order valence-electron chi connectivity index (χ4n) is 3.57. The van der Waals surface area contributed by atoms with Crippen LogP contribution in [0.15, 0.2) is 0 Å². The van der Waals surface area contributed by atoms with E-state index < -0.39 is 11.9 Å². The van der Waals surface area contributed by atoms with Crippen molar-refractivity contribution in [3.05, 3.63) is 0 Å². The molecule has 7 heteroatoms. The Balaban J connectivity index is 1.77. The molecule has 3 atom stereocenters. The number of nitrogens with zero attached hydrogens (tertiary/aromatic N) is 2. The summed E-state index contributed by atoms with van der Waals surface area (Å²) in [5.74, 6) is -1.27. The minimum Gasteiger partial charge on any atom is -0.481 e. The first-order valence-corrected chi connectivity index (χ1v) is 8.91. The highest BCUT2D eigenvalue weighted by atomic mass is 16.4. The smallest absolute Gasteiger partial charge is 0.317 e. The maximum absolute atomic E-state index is 12.5. The van der Waals surface area contributed by atoms with Crippen LogP contribution in [-0.2, 0) is 9.59 Å². The molecule has 1 saturated heterocycles. The first-order chi connectivity index (χ1) is 11.4. The first kappa shape index (κ1) is 18.5. The van der Waals surface area contributed by atoms with Gasteiger partial charge in [-0.3, -0.25) is 9.59 Å². The zero-order valence-electron chi connectivity index (χ0n) is 14.7. The number of piperidine rings is 1. The SMILES string of the molecule is CC(CN(C)C(=O)N[C@H]1CC[C@@H](C(=O)N2CCCCC2)C1)C(=O)O. The van der Waals surface area contributed by atoms with Gasteiger partial charge in [0, 0.05) is 38.6 Å². The monoisotopic (exact) mass is 339 g/mol. The van der Waals surface area contributed by atoms with Gasteiger partial charge in [0.15, 0.2) is 0 Å². The quantitative estimate of drug-likeness (QED) is 0.795. The molecule has 24 heavy (non-hydrogen) atoms. The number of carboxylic acids is 1. The Morgan fingerprint density at radius 2 is 1.88 bits per heavy atom. The molecule has 2 aliphatic rings. The molecule has 3 amide bonds. The van der Waals surface area contributed by atoms with Crippen LogP contribution in [-0.4, -0.2) is 65.5 Å². The van der Waals surface area contributed by atoms with Crippen LogP contribution in [0, 0.1) is 11.8 Å². The second kappa shape index (κ2) is 8.35. The summed E-state index contributed by atoms with van der Waals surface area (Å²) in [5, 5.41) is 11.9. The fourth-order valence-corrected chi connectivity index (χ4v) is 3.57. The van der Waals surface area contributed by atoms with Crippen LogP contribution in [0.3, 0.4) is 0 Å². The van der Waals surface area contributed by atoms with Gasteiger partial charge in [-0.05, 0) is 38.5 Å². The molecular weight excluding hydrogens is 310 g/mol. The van der Waals surface area contributed by atoms with Gasteiger partial charge in [0.2, 0.25) is 5.91 Å². The molecule has 0 spiro atoms. The minimum absolute atomic E-state index is 0.00109. The van der Waals surface area contributed by atoms with Gasteiger partial charge < -0.3 is 20.2 Å². The van der Waals surface area contributed by atoms with E-state index in [-0.39, 0.29) is 30.4 Å². The van der Waals surface area contributed by atoms with Gasteiger partial charge in [-0.15, -0.1) is 0 Å². The standard InChI is InChI=1S/C17H29N3O4/c1-12(16(22)23)11-19(2)17(24)18-14-7-6-13(10-14)15(21)20-8-4-3-5-9-20/h12-14H,3-11H2,1-2H3,(H,18,24)(H,22,23)/t12?,13-,14+/m1/s1. The number of amides is 3. The van der Waals surface area contributed by atoms with Crippen LogP contribution in [0.5, 0.6) is 0 Å². The number of aliphatic carboxylic acids is 1. The van der Waals surface area contributed by atoms with E-state index in [2.05, 4.69) is 5.32 Å². The summed E-state index contributed by atoms with van der Waals surface area (Å²) in [6, 6.07) is -0.266. The van der Waals surface area contributed by atoms with Crippen LogP contribution < -0.4 is 5.32 Å². The zero-order valence-corrected chi connectivity index (χ0v) is 14.7. The van der Waals surface area contributed by atoms with Crippen molar-refractivity contribution in [1.82, 2.24) is 15.1 Å². The molecular formula is C17H29N3O4. The number of likely N-dealkylation sites (tertiary alicyclic amines) is 1. The van der Waals surface area contributed by atoms with Gasteiger partial charge >= 0.3 is 12.0 Å². The van der Waals surface area contributed by atoms with Crippen LogP contribution in [0.4, 0.5) is 4.79 Å². The molecule has 2 rings (SSSR count). The van der Waals surface area contributed by atoms with E-state index in [9.17, 15) is 14.4 Å². The average Bonchev–Trinajstić information content (AvgIpc) is 3.03. The molecule has 2 N–H and O–H groups in total. The summed E-state index contributed by atoms with van der Waals surface area (Å²) < 4.78 is 0. The minimum atomic E-state index is -0.914. The van der Waals surface area contributed by atoms with Gasteiger partial charge in [0.25, 0.3) is 0 Å². The summed E-state index contributed by atoms with van der Waals surface area (Å²) in [7, 11) is 1.60. The Morgan fingerprint density at radius 1 is 1.21 bits per heavy atom. The summed E-state index contributed by atoms with van der Waals surface area (Å²) >= 11 is 0. The largest absolute Gasteiger partial charge is 0.481 e. The highest BCUT2D eigenvalue weighted by Crippen LogP contribution is 2.28. The molecule has 1 heterocycles. The van der Waals surface area contributed by atoms with Gasteiger partial charge in [-0.1, -0.05) is 6.92 Å². The molecule has 0 bridgehead atoms. The number of urea groups is 1. The normalized spacial score (nSPS) is 25.2. The summed E-state index contributed by atoms with van der Waals surface area (Å²) in [5.41, 5.74) is 0. The van der Waals surface area contributed by atoms with E-state index in [0.717, 1.165) is 38.8 Å². The topological polar surface area (TPSA) is 90.0 Å². The van der Waals surface area contributed by atoms with Crippen molar-refractivity contribution in [3.8, 4) is 0 Å². The van der Waals surface area contributed by atoms with E-state index in [1.807, 2.05) is 4.90 Å². The third-order valence-electron chi connectivity index (χ3n) is 5.09. The Hall–Kier alpha value is -1.79. The molecule has 7 nitrogen and oxygen atoms in total. The number of carboxylic acid groups (broad SMARTS) is 1. The predicted molar refractivity (Wildman–Crippen MR) is 89.5 cm³/mol. The number of hydrogen-bond acceptors (Lipinski definition) is 3. The van der Waals surface area contributed by atoms with Gasteiger partial charge in [0.1, 0.15) is 0 Å². The van der Waals surface area contributed by atoms with E-state index in [0.29, 0.717) is 6.42 Å². The van der Waals surface area contributed by atoms with Crippen molar-refractivity contribution in [2.75, 3.05) is 26.7 Å². The van der Waals surface area contributed by atoms with E-state index >= 15 is 0 Å². The van der Waals surface area contributed by atoms with E-state index in [4.69, 9.17) is 5.11 Å². The van der Waals surface area contributed by atoms with E-state index in [1.54, 1.807) is 14.0 Å². The van der Waals surface area contributed by atoms with Crippen molar-refractivity contribution in [2.24, 2.45) is 11.8 Å². The molecule has 0 radical (unpaired) electrons. The molecule has 0 aromatic heterocycles. The van der Waals surface area contributed by atoms with Crippen molar-refractivity contribution in [1.29, 1.82) is 0 Å². The number of carbonyl (C=O) groups is 3. The molecule has 1 aliphatic heterocycles. The lowest BCUT2D eigenvalue weighted by Gasteiger charge is -2.29.